The van der Waals surface area contributed by atoms with Crippen LogP contribution in [0.15, 0.2) is 34.7 Å². The largest absolute Gasteiger partial charge is 0.407 e. The second kappa shape index (κ2) is 8.39. The zero-order valence-electron chi connectivity index (χ0n) is 12.6. The van der Waals surface area contributed by atoms with Crippen LogP contribution in [0.5, 0.6) is 0 Å². The minimum absolute atomic E-state index is 0.555. The predicted octanol–water partition coefficient (Wildman–Crippen LogP) is 1.83. The third-order valence-electron chi connectivity index (χ3n) is 3.08. The van der Waals surface area contributed by atoms with Gasteiger partial charge in [-0.15, -0.1) is 5.10 Å². The van der Waals surface area contributed by atoms with Gasteiger partial charge in [-0.05, 0) is 12.5 Å². The number of rotatable bonds is 9. The Balaban J connectivity index is 1.91. The second-order valence-electron chi connectivity index (χ2n) is 4.65. The number of nitrogens with one attached hydrogen (secondary N) is 1. The van der Waals surface area contributed by atoms with Crippen molar-refractivity contribution in [3.8, 4) is 0 Å². The van der Waals surface area contributed by atoms with Crippen LogP contribution in [0.2, 0.25) is 0 Å². The zero-order valence-corrected chi connectivity index (χ0v) is 12.6. The second-order valence-corrected chi connectivity index (χ2v) is 4.65. The van der Waals surface area contributed by atoms with Crippen molar-refractivity contribution in [2.24, 2.45) is 0 Å². The van der Waals surface area contributed by atoms with Crippen LogP contribution in [0.3, 0.4) is 0 Å². The lowest BCUT2D eigenvalue weighted by Gasteiger charge is -2.17. The highest BCUT2D eigenvalue weighted by atomic mass is 16.5. The van der Waals surface area contributed by atoms with Gasteiger partial charge in [0.25, 0.3) is 0 Å². The molecule has 0 unspecified atom stereocenters. The number of anilines is 1. The van der Waals surface area contributed by atoms with E-state index in [9.17, 15) is 0 Å². The van der Waals surface area contributed by atoms with E-state index in [2.05, 4.69) is 39.5 Å². The summed E-state index contributed by atoms with van der Waals surface area (Å²) >= 11 is 0. The molecular formula is C15H22N4O2. The number of nitrogens with zero attached hydrogens (tertiary/aromatic N) is 3. The Kier molecular flexibility index (Phi) is 6.18. The normalized spacial score (nSPS) is 10.8. The van der Waals surface area contributed by atoms with E-state index in [0.717, 1.165) is 19.6 Å². The SMILES string of the molecule is CCN(Cc1ccccc1)c1nnc(CNCCOC)o1. The Morgan fingerprint density at radius 3 is 2.76 bits per heavy atom. The van der Waals surface area contributed by atoms with Crippen LogP contribution in [0.4, 0.5) is 6.01 Å². The van der Waals surface area contributed by atoms with Crippen LogP contribution in [-0.2, 0) is 17.8 Å². The van der Waals surface area contributed by atoms with Gasteiger partial charge in [-0.2, -0.15) is 0 Å². The predicted molar refractivity (Wildman–Crippen MR) is 81.0 cm³/mol. The summed E-state index contributed by atoms with van der Waals surface area (Å²) in [6, 6.07) is 10.8. The highest BCUT2D eigenvalue weighted by Gasteiger charge is 2.13. The lowest BCUT2D eigenvalue weighted by atomic mass is 10.2. The molecule has 0 radical (unpaired) electrons. The van der Waals surface area contributed by atoms with Crippen molar-refractivity contribution in [3.05, 3.63) is 41.8 Å². The molecule has 2 rings (SSSR count). The van der Waals surface area contributed by atoms with Gasteiger partial charge in [-0.25, -0.2) is 0 Å². The fourth-order valence-electron chi connectivity index (χ4n) is 1.93. The molecule has 1 aromatic heterocycles. The molecule has 6 heteroatoms. The lowest BCUT2D eigenvalue weighted by Crippen LogP contribution is -2.22. The maximum Gasteiger partial charge on any atom is 0.318 e. The summed E-state index contributed by atoms with van der Waals surface area (Å²) in [5, 5.41) is 11.4. The molecule has 0 fully saturated rings. The van der Waals surface area contributed by atoms with Crippen LogP contribution >= 0.6 is 0 Å². The zero-order chi connectivity index (χ0) is 14.9. The summed E-state index contributed by atoms with van der Waals surface area (Å²) in [7, 11) is 1.68. The van der Waals surface area contributed by atoms with E-state index >= 15 is 0 Å². The van der Waals surface area contributed by atoms with E-state index in [1.54, 1.807) is 7.11 Å². The molecule has 0 bridgehead atoms. The van der Waals surface area contributed by atoms with Crippen LogP contribution in [0, 0.1) is 0 Å². The van der Waals surface area contributed by atoms with Gasteiger partial charge in [0.2, 0.25) is 5.89 Å². The van der Waals surface area contributed by atoms with Crippen molar-refractivity contribution in [2.75, 3.05) is 31.7 Å². The first-order valence-electron chi connectivity index (χ1n) is 7.14. The monoisotopic (exact) mass is 290 g/mol. The molecule has 0 aliphatic rings. The van der Waals surface area contributed by atoms with Crippen molar-refractivity contribution in [2.45, 2.75) is 20.0 Å². The molecular weight excluding hydrogens is 268 g/mol. The van der Waals surface area contributed by atoms with Gasteiger partial charge in [0.15, 0.2) is 0 Å². The molecule has 1 aromatic carbocycles. The fourth-order valence-corrected chi connectivity index (χ4v) is 1.93. The Labute approximate surface area is 125 Å². The number of hydrogen-bond donors (Lipinski definition) is 1. The first-order valence-corrected chi connectivity index (χ1v) is 7.14. The number of methoxy groups -OCH3 is 1. The van der Waals surface area contributed by atoms with Crippen molar-refractivity contribution in [1.82, 2.24) is 15.5 Å². The first-order chi connectivity index (χ1) is 10.3. The number of aromatic nitrogens is 2. The maximum atomic E-state index is 5.69. The fraction of sp³-hybridized carbons (Fsp3) is 0.467. The van der Waals surface area contributed by atoms with E-state index in [1.807, 2.05) is 18.2 Å². The smallest absolute Gasteiger partial charge is 0.318 e. The van der Waals surface area contributed by atoms with Gasteiger partial charge < -0.3 is 19.4 Å². The molecule has 2 aromatic rings. The van der Waals surface area contributed by atoms with E-state index in [4.69, 9.17) is 9.15 Å². The van der Waals surface area contributed by atoms with Gasteiger partial charge in [-0.3, -0.25) is 0 Å². The number of hydrogen-bond acceptors (Lipinski definition) is 6. The summed E-state index contributed by atoms with van der Waals surface area (Å²) in [5.41, 5.74) is 1.22. The van der Waals surface area contributed by atoms with Gasteiger partial charge in [0.05, 0.1) is 13.2 Å². The molecule has 0 saturated carbocycles. The molecule has 1 heterocycles. The number of ether oxygens (including phenoxy) is 1. The van der Waals surface area contributed by atoms with Crippen LogP contribution in [0.25, 0.3) is 0 Å². The van der Waals surface area contributed by atoms with Crippen molar-refractivity contribution < 1.29 is 9.15 Å². The van der Waals surface area contributed by atoms with Gasteiger partial charge in [0, 0.05) is 26.7 Å². The molecule has 6 nitrogen and oxygen atoms in total. The third-order valence-corrected chi connectivity index (χ3v) is 3.08. The quantitative estimate of drug-likeness (QED) is 0.711. The molecule has 0 spiro atoms. The van der Waals surface area contributed by atoms with Crippen molar-refractivity contribution >= 4 is 6.01 Å². The Morgan fingerprint density at radius 1 is 1.24 bits per heavy atom. The van der Waals surface area contributed by atoms with Gasteiger partial charge >= 0.3 is 6.01 Å². The molecule has 114 valence electrons. The van der Waals surface area contributed by atoms with E-state index in [0.29, 0.717) is 25.1 Å². The molecule has 0 aliphatic heterocycles. The topological polar surface area (TPSA) is 63.4 Å². The molecule has 0 atom stereocenters. The minimum Gasteiger partial charge on any atom is -0.407 e. The first kappa shape index (κ1) is 15.5. The van der Waals surface area contributed by atoms with Crippen molar-refractivity contribution in [1.29, 1.82) is 0 Å². The van der Waals surface area contributed by atoms with Gasteiger partial charge in [0.1, 0.15) is 0 Å². The van der Waals surface area contributed by atoms with Gasteiger partial charge in [-0.1, -0.05) is 35.4 Å². The molecule has 21 heavy (non-hydrogen) atoms. The summed E-state index contributed by atoms with van der Waals surface area (Å²) in [5.74, 6) is 0.590. The molecule has 0 aliphatic carbocycles. The Bertz CT molecular complexity index is 515. The Morgan fingerprint density at radius 2 is 2.05 bits per heavy atom. The minimum atomic E-state index is 0.555. The van der Waals surface area contributed by atoms with E-state index in [-0.39, 0.29) is 0 Å². The Hall–Kier alpha value is -1.92. The summed E-state index contributed by atoms with van der Waals surface area (Å²) < 4.78 is 10.7. The van der Waals surface area contributed by atoms with E-state index < -0.39 is 0 Å². The van der Waals surface area contributed by atoms with Crippen molar-refractivity contribution in [3.63, 3.8) is 0 Å². The summed E-state index contributed by atoms with van der Waals surface area (Å²) in [4.78, 5) is 2.06. The number of benzene rings is 1. The highest BCUT2D eigenvalue weighted by molar-refractivity contribution is 5.28. The average molecular weight is 290 g/mol. The summed E-state index contributed by atoms with van der Waals surface area (Å²) in [6.45, 7) is 5.62. The van der Waals surface area contributed by atoms with Crippen LogP contribution in [-0.4, -0.2) is 37.0 Å². The van der Waals surface area contributed by atoms with E-state index in [1.165, 1.54) is 5.56 Å². The standard InChI is InChI=1S/C15H22N4O2/c1-3-19(12-13-7-5-4-6-8-13)15-18-17-14(21-15)11-16-9-10-20-2/h4-8,16H,3,9-12H2,1-2H3. The average Bonchev–Trinajstić information content (AvgIpc) is 2.99. The summed E-state index contributed by atoms with van der Waals surface area (Å²) in [6.07, 6.45) is 0. The third kappa shape index (κ3) is 4.84. The molecule has 1 N–H and O–H groups in total. The molecule has 0 saturated heterocycles. The van der Waals surface area contributed by atoms with Crippen LogP contribution < -0.4 is 10.2 Å². The maximum absolute atomic E-state index is 5.69. The van der Waals surface area contributed by atoms with Crippen LogP contribution in [0.1, 0.15) is 18.4 Å². The lowest BCUT2D eigenvalue weighted by molar-refractivity contribution is 0.198. The molecule has 0 amide bonds. The highest BCUT2D eigenvalue weighted by Crippen LogP contribution is 2.15.